The second-order valence-electron chi connectivity index (χ2n) is 5.11. The van der Waals surface area contributed by atoms with E-state index in [-0.39, 0.29) is 23.9 Å². The van der Waals surface area contributed by atoms with Crippen LogP contribution >= 0.6 is 27.5 Å². The molecule has 0 aliphatic heterocycles. The van der Waals surface area contributed by atoms with Crippen molar-refractivity contribution in [3.05, 3.63) is 33.3 Å². The SMILES string of the molecule is CC(C)(C)NC(=O)CNC(=O)c1cc(Br)ccc1Cl. The van der Waals surface area contributed by atoms with Crippen LogP contribution in [0.5, 0.6) is 0 Å². The fourth-order valence-electron chi connectivity index (χ4n) is 1.39. The highest BCUT2D eigenvalue weighted by Gasteiger charge is 2.16. The molecule has 19 heavy (non-hydrogen) atoms. The van der Waals surface area contributed by atoms with Gasteiger partial charge in [-0.3, -0.25) is 9.59 Å². The smallest absolute Gasteiger partial charge is 0.253 e. The maximum Gasteiger partial charge on any atom is 0.253 e. The van der Waals surface area contributed by atoms with Gasteiger partial charge in [0.1, 0.15) is 0 Å². The molecule has 4 nitrogen and oxygen atoms in total. The first-order chi connectivity index (χ1) is 8.69. The molecule has 0 aliphatic rings. The van der Waals surface area contributed by atoms with Gasteiger partial charge >= 0.3 is 0 Å². The van der Waals surface area contributed by atoms with E-state index in [9.17, 15) is 9.59 Å². The Balaban J connectivity index is 2.61. The molecular weight excluding hydrogens is 332 g/mol. The molecule has 2 N–H and O–H groups in total. The molecule has 1 aromatic rings. The lowest BCUT2D eigenvalue weighted by atomic mass is 10.1. The van der Waals surface area contributed by atoms with Crippen molar-refractivity contribution in [2.24, 2.45) is 0 Å². The highest BCUT2D eigenvalue weighted by atomic mass is 79.9. The monoisotopic (exact) mass is 346 g/mol. The molecule has 0 bridgehead atoms. The van der Waals surface area contributed by atoms with Crippen LogP contribution in [0.15, 0.2) is 22.7 Å². The van der Waals surface area contributed by atoms with Gasteiger partial charge in [0.15, 0.2) is 0 Å². The Bertz CT molecular complexity index is 498. The molecule has 0 aliphatic carbocycles. The predicted molar refractivity (Wildman–Crippen MR) is 79.4 cm³/mol. The molecule has 2 amide bonds. The van der Waals surface area contributed by atoms with Gasteiger partial charge in [0.05, 0.1) is 17.1 Å². The lowest BCUT2D eigenvalue weighted by Gasteiger charge is -2.20. The maximum atomic E-state index is 11.9. The van der Waals surface area contributed by atoms with E-state index in [0.717, 1.165) is 4.47 Å². The lowest BCUT2D eigenvalue weighted by Crippen LogP contribution is -2.45. The van der Waals surface area contributed by atoms with Gasteiger partial charge in [0.25, 0.3) is 5.91 Å². The Morgan fingerprint density at radius 2 is 1.95 bits per heavy atom. The van der Waals surface area contributed by atoms with Crippen molar-refractivity contribution in [2.45, 2.75) is 26.3 Å². The standard InChI is InChI=1S/C13H16BrClN2O2/c1-13(2,3)17-11(18)7-16-12(19)9-6-8(14)4-5-10(9)15/h4-6H,7H2,1-3H3,(H,16,19)(H,17,18). The number of halogens is 2. The number of hydrogen-bond donors (Lipinski definition) is 2. The number of hydrogen-bond acceptors (Lipinski definition) is 2. The van der Waals surface area contributed by atoms with Crippen LogP contribution in [0.4, 0.5) is 0 Å². The number of nitrogens with one attached hydrogen (secondary N) is 2. The Hall–Kier alpha value is -1.07. The van der Waals surface area contributed by atoms with E-state index in [2.05, 4.69) is 26.6 Å². The van der Waals surface area contributed by atoms with E-state index in [0.29, 0.717) is 10.6 Å². The number of carbonyl (C=O) groups excluding carboxylic acids is 2. The fraction of sp³-hybridized carbons (Fsp3) is 0.385. The van der Waals surface area contributed by atoms with Crippen LogP contribution < -0.4 is 10.6 Å². The van der Waals surface area contributed by atoms with Crippen LogP contribution in [0.3, 0.4) is 0 Å². The summed E-state index contributed by atoms with van der Waals surface area (Å²) < 4.78 is 0.751. The number of benzene rings is 1. The molecule has 1 rings (SSSR count). The van der Waals surface area contributed by atoms with Crippen molar-refractivity contribution in [3.63, 3.8) is 0 Å². The molecule has 0 aromatic heterocycles. The first kappa shape index (κ1) is 16.0. The summed E-state index contributed by atoms with van der Waals surface area (Å²) in [6.45, 7) is 5.53. The van der Waals surface area contributed by atoms with Crippen molar-refractivity contribution in [3.8, 4) is 0 Å². The third-order valence-corrected chi connectivity index (χ3v) is 2.92. The Morgan fingerprint density at radius 1 is 1.32 bits per heavy atom. The van der Waals surface area contributed by atoms with Crippen LogP contribution in [-0.2, 0) is 4.79 Å². The molecule has 0 radical (unpaired) electrons. The van der Waals surface area contributed by atoms with Gasteiger partial charge in [-0.2, -0.15) is 0 Å². The third-order valence-electron chi connectivity index (χ3n) is 2.10. The summed E-state index contributed by atoms with van der Waals surface area (Å²) in [7, 11) is 0. The van der Waals surface area contributed by atoms with Crippen LogP contribution in [0, 0.1) is 0 Å². The van der Waals surface area contributed by atoms with Crippen LogP contribution in [0.25, 0.3) is 0 Å². The summed E-state index contributed by atoms with van der Waals surface area (Å²) in [5, 5.41) is 5.63. The average molecular weight is 348 g/mol. The van der Waals surface area contributed by atoms with Crippen molar-refractivity contribution in [1.29, 1.82) is 0 Å². The molecule has 0 atom stereocenters. The fourth-order valence-corrected chi connectivity index (χ4v) is 1.95. The Kier molecular flexibility index (Phi) is 5.38. The van der Waals surface area contributed by atoms with Crippen molar-refractivity contribution in [1.82, 2.24) is 10.6 Å². The van der Waals surface area contributed by atoms with E-state index in [1.807, 2.05) is 20.8 Å². The summed E-state index contributed by atoms with van der Waals surface area (Å²) in [5.74, 6) is -0.623. The van der Waals surface area contributed by atoms with E-state index < -0.39 is 0 Å². The molecule has 0 unspecified atom stereocenters. The van der Waals surface area contributed by atoms with Gasteiger partial charge in [-0.1, -0.05) is 27.5 Å². The van der Waals surface area contributed by atoms with Crippen molar-refractivity contribution >= 4 is 39.3 Å². The minimum atomic E-state index is -0.379. The predicted octanol–water partition coefficient (Wildman–Crippen LogP) is 2.75. The Labute approximate surface area is 126 Å². The average Bonchev–Trinajstić information content (AvgIpc) is 2.27. The highest BCUT2D eigenvalue weighted by molar-refractivity contribution is 9.10. The molecule has 0 spiro atoms. The van der Waals surface area contributed by atoms with Crippen LogP contribution in [0.1, 0.15) is 31.1 Å². The quantitative estimate of drug-likeness (QED) is 0.883. The van der Waals surface area contributed by atoms with E-state index in [1.54, 1.807) is 18.2 Å². The van der Waals surface area contributed by atoms with E-state index in [4.69, 9.17) is 11.6 Å². The summed E-state index contributed by atoms with van der Waals surface area (Å²) in [4.78, 5) is 23.5. The number of carbonyl (C=O) groups is 2. The number of rotatable bonds is 3. The number of amides is 2. The molecule has 0 fully saturated rings. The molecule has 0 saturated carbocycles. The minimum absolute atomic E-state index is 0.0844. The first-order valence-corrected chi connectivity index (χ1v) is 6.90. The summed E-state index contributed by atoms with van der Waals surface area (Å²) in [6.07, 6.45) is 0. The molecule has 0 saturated heterocycles. The zero-order valence-electron chi connectivity index (χ0n) is 11.0. The third kappa shape index (κ3) is 5.61. The second kappa shape index (κ2) is 6.39. The molecule has 104 valence electrons. The van der Waals surface area contributed by atoms with Crippen molar-refractivity contribution < 1.29 is 9.59 Å². The van der Waals surface area contributed by atoms with Gasteiger partial charge in [-0.15, -0.1) is 0 Å². The van der Waals surface area contributed by atoms with Gasteiger partial charge in [-0.05, 0) is 39.0 Å². The van der Waals surface area contributed by atoms with Gasteiger partial charge in [0, 0.05) is 10.0 Å². The maximum absolute atomic E-state index is 11.9. The van der Waals surface area contributed by atoms with Crippen LogP contribution in [0.2, 0.25) is 5.02 Å². The van der Waals surface area contributed by atoms with E-state index >= 15 is 0 Å². The Morgan fingerprint density at radius 3 is 2.53 bits per heavy atom. The first-order valence-electron chi connectivity index (χ1n) is 5.73. The largest absolute Gasteiger partial charge is 0.350 e. The minimum Gasteiger partial charge on any atom is -0.350 e. The second-order valence-corrected chi connectivity index (χ2v) is 6.43. The lowest BCUT2D eigenvalue weighted by molar-refractivity contribution is -0.121. The molecule has 6 heteroatoms. The van der Waals surface area contributed by atoms with Gasteiger partial charge in [0.2, 0.25) is 5.91 Å². The van der Waals surface area contributed by atoms with Crippen LogP contribution in [-0.4, -0.2) is 23.9 Å². The van der Waals surface area contributed by atoms with Gasteiger partial charge in [-0.25, -0.2) is 0 Å². The molecular formula is C13H16BrClN2O2. The molecule has 0 heterocycles. The summed E-state index contributed by atoms with van der Waals surface area (Å²) in [5.41, 5.74) is 0.00879. The highest BCUT2D eigenvalue weighted by Crippen LogP contribution is 2.20. The normalized spacial score (nSPS) is 11.0. The summed E-state index contributed by atoms with van der Waals surface area (Å²) in [6, 6.07) is 4.97. The zero-order valence-corrected chi connectivity index (χ0v) is 13.4. The van der Waals surface area contributed by atoms with Gasteiger partial charge < -0.3 is 10.6 Å². The van der Waals surface area contributed by atoms with Crippen molar-refractivity contribution in [2.75, 3.05) is 6.54 Å². The molecule has 1 aromatic carbocycles. The topological polar surface area (TPSA) is 58.2 Å². The van der Waals surface area contributed by atoms with E-state index in [1.165, 1.54) is 0 Å². The zero-order chi connectivity index (χ0) is 14.6. The summed E-state index contributed by atoms with van der Waals surface area (Å²) >= 11 is 9.20.